The third-order valence-electron chi connectivity index (χ3n) is 5.53. The Morgan fingerprint density at radius 2 is 2.14 bits per heavy atom. The Bertz CT molecular complexity index is 1120. The molecule has 3 aromatic rings. The number of likely N-dealkylation sites (tertiary alicyclic amines) is 1. The van der Waals surface area contributed by atoms with E-state index in [2.05, 4.69) is 23.7 Å². The smallest absolute Gasteiger partial charge is 0.263 e. The highest BCUT2D eigenvalue weighted by Gasteiger charge is 2.26. The predicted octanol–water partition coefficient (Wildman–Crippen LogP) is 3.11. The lowest BCUT2D eigenvalue weighted by Crippen LogP contribution is -2.44. The van der Waals surface area contributed by atoms with Gasteiger partial charge in [0.05, 0.1) is 16.7 Å². The van der Waals surface area contributed by atoms with Crippen LogP contribution in [0.2, 0.25) is 0 Å². The second-order valence-electron chi connectivity index (χ2n) is 7.27. The van der Waals surface area contributed by atoms with Crippen LogP contribution in [0.3, 0.4) is 0 Å². The zero-order valence-corrected chi connectivity index (χ0v) is 17.4. The highest BCUT2D eigenvalue weighted by Crippen LogP contribution is 2.24. The SMILES string of the molecule is C=CCn1c(=O)c2ccccc2n2c(SCC(=O)N3CCCCC3CC)nnc12. The molecule has 0 bridgehead atoms. The van der Waals surface area contributed by atoms with Crippen molar-refractivity contribution in [2.75, 3.05) is 12.3 Å². The Morgan fingerprint density at radius 1 is 1.31 bits per heavy atom. The fourth-order valence-electron chi connectivity index (χ4n) is 4.08. The van der Waals surface area contributed by atoms with Crippen LogP contribution in [0.15, 0.2) is 46.9 Å². The maximum absolute atomic E-state index is 12.9. The van der Waals surface area contributed by atoms with Crippen LogP contribution in [0.4, 0.5) is 0 Å². The lowest BCUT2D eigenvalue weighted by atomic mass is 10.0. The minimum absolute atomic E-state index is 0.118. The van der Waals surface area contributed by atoms with Crippen LogP contribution in [0, 0.1) is 0 Å². The largest absolute Gasteiger partial charge is 0.339 e. The Labute approximate surface area is 173 Å². The van der Waals surface area contributed by atoms with Gasteiger partial charge in [-0.2, -0.15) is 0 Å². The van der Waals surface area contributed by atoms with Gasteiger partial charge in [0.15, 0.2) is 5.16 Å². The summed E-state index contributed by atoms with van der Waals surface area (Å²) in [6.07, 6.45) is 6.00. The summed E-state index contributed by atoms with van der Waals surface area (Å²) in [7, 11) is 0. The van der Waals surface area contributed by atoms with Gasteiger partial charge in [-0.15, -0.1) is 16.8 Å². The lowest BCUT2D eigenvalue weighted by Gasteiger charge is -2.35. The number of hydrogen-bond donors (Lipinski definition) is 0. The van der Waals surface area contributed by atoms with Crippen molar-refractivity contribution in [1.29, 1.82) is 0 Å². The molecule has 0 aliphatic carbocycles. The Hall–Kier alpha value is -2.61. The molecule has 0 radical (unpaired) electrons. The first-order valence-corrected chi connectivity index (χ1v) is 11.0. The molecule has 4 rings (SSSR count). The summed E-state index contributed by atoms with van der Waals surface area (Å²) in [5.74, 6) is 0.918. The number of hydrogen-bond acceptors (Lipinski definition) is 5. The van der Waals surface area contributed by atoms with E-state index in [0.29, 0.717) is 34.7 Å². The standard InChI is InChI=1S/C21H25N5O2S/c1-3-12-25-19(28)16-10-5-6-11-17(16)26-20(25)22-23-21(26)29-14-18(27)24-13-8-7-9-15(24)4-2/h3,5-6,10-11,15H,1,4,7-9,12-14H2,2H3. The number of para-hydroxylation sites is 1. The van der Waals surface area contributed by atoms with E-state index in [1.54, 1.807) is 16.7 Å². The normalized spacial score (nSPS) is 17.1. The van der Waals surface area contributed by atoms with Gasteiger partial charge in [0.2, 0.25) is 11.7 Å². The fourth-order valence-corrected chi connectivity index (χ4v) is 4.91. The zero-order valence-electron chi connectivity index (χ0n) is 16.6. The molecule has 0 N–H and O–H groups in total. The molecule has 1 amide bonds. The van der Waals surface area contributed by atoms with E-state index in [4.69, 9.17) is 0 Å². The van der Waals surface area contributed by atoms with Gasteiger partial charge in [-0.05, 0) is 37.8 Å². The third-order valence-corrected chi connectivity index (χ3v) is 6.45. The minimum Gasteiger partial charge on any atom is -0.339 e. The summed E-state index contributed by atoms with van der Waals surface area (Å²) in [4.78, 5) is 27.7. The molecule has 1 atom stereocenters. The van der Waals surface area contributed by atoms with E-state index >= 15 is 0 Å². The predicted molar refractivity (Wildman–Crippen MR) is 115 cm³/mol. The molecule has 0 spiro atoms. The lowest BCUT2D eigenvalue weighted by molar-refractivity contribution is -0.132. The number of allylic oxidation sites excluding steroid dienone is 1. The van der Waals surface area contributed by atoms with E-state index in [-0.39, 0.29) is 11.5 Å². The van der Waals surface area contributed by atoms with Gasteiger partial charge in [-0.3, -0.25) is 18.6 Å². The summed E-state index contributed by atoms with van der Waals surface area (Å²) in [6, 6.07) is 7.75. The fraction of sp³-hybridized carbons (Fsp3) is 0.429. The topological polar surface area (TPSA) is 72.5 Å². The van der Waals surface area contributed by atoms with Crippen molar-refractivity contribution < 1.29 is 4.79 Å². The van der Waals surface area contributed by atoms with E-state index < -0.39 is 0 Å². The van der Waals surface area contributed by atoms with E-state index in [1.165, 1.54) is 18.2 Å². The number of aromatic nitrogens is 4. The summed E-state index contributed by atoms with van der Waals surface area (Å²) in [5.41, 5.74) is 0.629. The van der Waals surface area contributed by atoms with E-state index in [9.17, 15) is 9.59 Å². The molecule has 152 valence electrons. The minimum atomic E-state index is -0.118. The number of carbonyl (C=O) groups excluding carboxylic acids is 1. The maximum Gasteiger partial charge on any atom is 0.263 e. The third kappa shape index (κ3) is 3.57. The van der Waals surface area contributed by atoms with Crippen molar-refractivity contribution in [2.45, 2.75) is 50.4 Å². The highest BCUT2D eigenvalue weighted by atomic mass is 32.2. The summed E-state index contributed by atoms with van der Waals surface area (Å²) in [6.45, 7) is 7.07. The zero-order chi connectivity index (χ0) is 20.4. The van der Waals surface area contributed by atoms with Crippen LogP contribution in [-0.2, 0) is 11.3 Å². The van der Waals surface area contributed by atoms with Gasteiger partial charge in [0.1, 0.15) is 0 Å². The Morgan fingerprint density at radius 3 is 2.93 bits per heavy atom. The molecule has 1 saturated heterocycles. The van der Waals surface area contributed by atoms with Crippen molar-refractivity contribution in [1.82, 2.24) is 24.1 Å². The van der Waals surface area contributed by atoms with Gasteiger partial charge in [0, 0.05) is 19.1 Å². The summed E-state index contributed by atoms with van der Waals surface area (Å²) in [5, 5.41) is 9.76. The molecule has 7 nitrogen and oxygen atoms in total. The molecule has 1 unspecified atom stereocenters. The first-order valence-electron chi connectivity index (χ1n) is 10.1. The molecule has 1 fully saturated rings. The second kappa shape index (κ2) is 8.41. The van der Waals surface area contributed by atoms with Gasteiger partial charge in [-0.25, -0.2) is 0 Å². The molecule has 8 heteroatoms. The van der Waals surface area contributed by atoms with Crippen LogP contribution in [0.25, 0.3) is 16.7 Å². The Balaban J connectivity index is 1.69. The number of fused-ring (bicyclic) bond motifs is 3. The number of piperidine rings is 1. The van der Waals surface area contributed by atoms with Crippen molar-refractivity contribution in [3.63, 3.8) is 0 Å². The van der Waals surface area contributed by atoms with Crippen LogP contribution in [0.1, 0.15) is 32.6 Å². The van der Waals surface area contributed by atoms with Crippen LogP contribution in [0.5, 0.6) is 0 Å². The summed E-state index contributed by atoms with van der Waals surface area (Å²) < 4.78 is 3.43. The molecular weight excluding hydrogens is 386 g/mol. The van der Waals surface area contributed by atoms with Gasteiger partial charge in [0.25, 0.3) is 5.56 Å². The number of rotatable bonds is 6. The van der Waals surface area contributed by atoms with Crippen LogP contribution >= 0.6 is 11.8 Å². The van der Waals surface area contributed by atoms with Gasteiger partial charge in [-0.1, -0.05) is 36.9 Å². The molecule has 29 heavy (non-hydrogen) atoms. The molecule has 0 saturated carbocycles. The average Bonchev–Trinajstić information content (AvgIpc) is 3.19. The molecule has 1 aliphatic rings. The first kappa shape index (κ1) is 19.7. The monoisotopic (exact) mass is 411 g/mol. The number of carbonyl (C=O) groups is 1. The first-order chi connectivity index (χ1) is 14.2. The highest BCUT2D eigenvalue weighted by molar-refractivity contribution is 7.99. The van der Waals surface area contributed by atoms with Crippen LogP contribution < -0.4 is 5.56 Å². The average molecular weight is 412 g/mol. The number of thioether (sulfide) groups is 1. The van der Waals surface area contributed by atoms with Crippen molar-refractivity contribution in [2.24, 2.45) is 0 Å². The van der Waals surface area contributed by atoms with E-state index in [1.807, 2.05) is 27.5 Å². The molecule has 3 heterocycles. The number of benzene rings is 1. The molecule has 1 aliphatic heterocycles. The Kier molecular flexibility index (Phi) is 5.71. The maximum atomic E-state index is 12.9. The number of amides is 1. The molecule has 1 aromatic carbocycles. The van der Waals surface area contributed by atoms with Gasteiger partial charge >= 0.3 is 0 Å². The molecule has 2 aromatic heterocycles. The van der Waals surface area contributed by atoms with Gasteiger partial charge < -0.3 is 4.90 Å². The van der Waals surface area contributed by atoms with Crippen molar-refractivity contribution >= 4 is 34.3 Å². The number of nitrogens with zero attached hydrogens (tertiary/aromatic N) is 5. The summed E-state index contributed by atoms with van der Waals surface area (Å²) >= 11 is 1.38. The second-order valence-corrected chi connectivity index (χ2v) is 8.22. The van der Waals surface area contributed by atoms with Crippen molar-refractivity contribution in [3.8, 4) is 0 Å². The molecular formula is C21H25N5O2S. The van der Waals surface area contributed by atoms with Crippen LogP contribution in [-0.4, -0.2) is 48.3 Å². The van der Waals surface area contributed by atoms with E-state index in [0.717, 1.165) is 31.3 Å². The quantitative estimate of drug-likeness (QED) is 0.460. The van der Waals surface area contributed by atoms with Crippen molar-refractivity contribution in [3.05, 3.63) is 47.3 Å².